The predicted octanol–water partition coefficient (Wildman–Crippen LogP) is 3.62. The minimum Gasteiger partial charge on any atom is -0.322 e. The largest absolute Gasteiger partial charge is 0.322 e. The highest BCUT2D eigenvalue weighted by atomic mass is 32.2. The lowest BCUT2D eigenvalue weighted by atomic mass is 10.1. The summed E-state index contributed by atoms with van der Waals surface area (Å²) in [7, 11) is -3.30. The van der Waals surface area contributed by atoms with Gasteiger partial charge in [-0.25, -0.2) is 12.8 Å². The van der Waals surface area contributed by atoms with Gasteiger partial charge in [0, 0.05) is 17.8 Å². The van der Waals surface area contributed by atoms with Gasteiger partial charge in [-0.05, 0) is 68.1 Å². The summed E-state index contributed by atoms with van der Waals surface area (Å²) in [5.74, 6) is -0.609. The molecular weight excluding hydrogens is 355 g/mol. The molecule has 0 saturated carbocycles. The second-order valence-corrected chi connectivity index (χ2v) is 8.53. The number of benzene rings is 2. The lowest BCUT2D eigenvalue weighted by molar-refractivity contribution is 0.102. The van der Waals surface area contributed by atoms with Crippen LogP contribution in [0.5, 0.6) is 0 Å². The molecule has 0 spiro atoms. The Morgan fingerprint density at radius 3 is 2.50 bits per heavy atom. The van der Waals surface area contributed by atoms with Gasteiger partial charge in [0.05, 0.1) is 11.4 Å². The van der Waals surface area contributed by atoms with Crippen molar-refractivity contribution in [1.82, 2.24) is 0 Å². The zero-order valence-electron chi connectivity index (χ0n) is 14.8. The van der Waals surface area contributed by atoms with Crippen LogP contribution in [0.3, 0.4) is 0 Å². The second kappa shape index (κ2) is 7.07. The molecule has 5 nitrogen and oxygen atoms in total. The number of nitrogens with one attached hydrogen (secondary N) is 1. The number of hydrogen-bond acceptors (Lipinski definition) is 3. The smallest absolute Gasteiger partial charge is 0.255 e. The molecule has 1 aliphatic heterocycles. The maximum atomic E-state index is 13.6. The number of anilines is 2. The molecular formula is C19H21FN2O3S. The Kier molecular flexibility index (Phi) is 5.00. The maximum Gasteiger partial charge on any atom is 0.255 e. The quantitative estimate of drug-likeness (QED) is 0.890. The molecule has 7 heteroatoms. The van der Waals surface area contributed by atoms with Crippen LogP contribution in [0.4, 0.5) is 15.8 Å². The molecule has 0 bridgehead atoms. The Morgan fingerprint density at radius 2 is 1.85 bits per heavy atom. The highest BCUT2D eigenvalue weighted by Gasteiger charge is 2.27. The highest BCUT2D eigenvalue weighted by Crippen LogP contribution is 2.28. The molecule has 0 radical (unpaired) electrons. The van der Waals surface area contributed by atoms with Crippen molar-refractivity contribution >= 4 is 27.3 Å². The lowest BCUT2D eigenvalue weighted by Crippen LogP contribution is -2.38. The molecule has 138 valence electrons. The van der Waals surface area contributed by atoms with E-state index in [-0.39, 0.29) is 17.5 Å². The number of hydrogen-bond donors (Lipinski definition) is 1. The van der Waals surface area contributed by atoms with Gasteiger partial charge < -0.3 is 5.32 Å². The van der Waals surface area contributed by atoms with E-state index in [2.05, 4.69) is 5.32 Å². The summed E-state index contributed by atoms with van der Waals surface area (Å²) in [6.45, 7) is 3.89. The number of carbonyl (C=O) groups is 1. The van der Waals surface area contributed by atoms with Gasteiger partial charge in [0.1, 0.15) is 5.82 Å². The number of sulfonamides is 1. The molecule has 1 aliphatic rings. The summed E-state index contributed by atoms with van der Waals surface area (Å²) in [5.41, 5.74) is 2.58. The van der Waals surface area contributed by atoms with E-state index in [1.165, 1.54) is 10.4 Å². The number of nitrogens with zero attached hydrogens (tertiary/aromatic N) is 1. The zero-order valence-corrected chi connectivity index (χ0v) is 15.6. The van der Waals surface area contributed by atoms with Crippen LogP contribution in [0.25, 0.3) is 0 Å². The normalized spacial score (nSPS) is 16.3. The number of amides is 1. The fraction of sp³-hybridized carbons (Fsp3) is 0.316. The van der Waals surface area contributed by atoms with Crippen LogP contribution in [-0.2, 0) is 10.0 Å². The third kappa shape index (κ3) is 3.72. The topological polar surface area (TPSA) is 66.5 Å². The average molecular weight is 376 g/mol. The predicted molar refractivity (Wildman–Crippen MR) is 101 cm³/mol. The highest BCUT2D eigenvalue weighted by molar-refractivity contribution is 7.92. The molecule has 1 fully saturated rings. The molecule has 1 heterocycles. The Morgan fingerprint density at radius 1 is 1.08 bits per heavy atom. The van der Waals surface area contributed by atoms with Crippen molar-refractivity contribution in [2.45, 2.75) is 26.7 Å². The summed E-state index contributed by atoms with van der Waals surface area (Å²) in [4.78, 5) is 12.4. The van der Waals surface area contributed by atoms with Crippen molar-refractivity contribution in [1.29, 1.82) is 0 Å². The zero-order chi connectivity index (χ0) is 18.9. The molecule has 0 aliphatic carbocycles. The van der Waals surface area contributed by atoms with Crippen LogP contribution in [0.1, 0.15) is 34.3 Å². The maximum absolute atomic E-state index is 13.6. The van der Waals surface area contributed by atoms with Crippen LogP contribution < -0.4 is 9.62 Å². The molecule has 0 atom stereocenters. The van der Waals surface area contributed by atoms with E-state index >= 15 is 0 Å². The SMILES string of the molecule is Cc1ccc(NC(=O)c2ccc(N3CCCCS3(=O)=O)c(C)c2)cc1F. The third-order valence-electron chi connectivity index (χ3n) is 4.51. The molecule has 26 heavy (non-hydrogen) atoms. The van der Waals surface area contributed by atoms with Crippen LogP contribution in [0.15, 0.2) is 36.4 Å². The van der Waals surface area contributed by atoms with Gasteiger partial charge in [-0.3, -0.25) is 9.10 Å². The number of carbonyl (C=O) groups excluding carboxylic acids is 1. The number of halogens is 1. The number of aryl methyl sites for hydroxylation is 2. The first-order chi connectivity index (χ1) is 12.3. The van der Waals surface area contributed by atoms with Crippen molar-refractivity contribution < 1.29 is 17.6 Å². The standard InChI is InChI=1S/C19H21FN2O3S/c1-13-5-7-16(12-17(13)20)21-19(23)15-6-8-18(14(2)11-15)22-9-3-4-10-26(22,24)25/h5-8,11-12H,3-4,9-10H2,1-2H3,(H,21,23). The van der Waals surface area contributed by atoms with Gasteiger partial charge >= 0.3 is 0 Å². The fourth-order valence-corrected chi connectivity index (χ4v) is 4.71. The monoisotopic (exact) mass is 376 g/mol. The van der Waals surface area contributed by atoms with Crippen molar-refractivity contribution in [3.05, 3.63) is 58.9 Å². The van der Waals surface area contributed by atoms with Gasteiger partial charge in [0.2, 0.25) is 10.0 Å². The van der Waals surface area contributed by atoms with Crippen molar-refractivity contribution in [2.24, 2.45) is 0 Å². The summed E-state index contributed by atoms with van der Waals surface area (Å²) in [6, 6.07) is 9.40. The van der Waals surface area contributed by atoms with Gasteiger partial charge in [-0.2, -0.15) is 0 Å². The molecule has 2 aromatic carbocycles. The first kappa shape index (κ1) is 18.4. The van der Waals surface area contributed by atoms with E-state index in [0.29, 0.717) is 41.0 Å². The Hall–Kier alpha value is -2.41. The van der Waals surface area contributed by atoms with E-state index in [1.807, 2.05) is 0 Å². The van der Waals surface area contributed by atoms with E-state index in [4.69, 9.17) is 0 Å². The van der Waals surface area contributed by atoms with Crippen molar-refractivity contribution in [2.75, 3.05) is 21.9 Å². The van der Waals surface area contributed by atoms with Gasteiger partial charge in [0.25, 0.3) is 5.91 Å². The van der Waals surface area contributed by atoms with Crippen LogP contribution in [0.2, 0.25) is 0 Å². The molecule has 1 amide bonds. The lowest BCUT2D eigenvalue weighted by Gasteiger charge is -2.29. The van der Waals surface area contributed by atoms with Crippen LogP contribution >= 0.6 is 0 Å². The molecule has 2 aromatic rings. The Labute approximate surface area is 152 Å². The van der Waals surface area contributed by atoms with E-state index < -0.39 is 10.0 Å². The molecule has 1 N–H and O–H groups in total. The minimum absolute atomic E-state index is 0.146. The Bertz CT molecular complexity index is 957. The summed E-state index contributed by atoms with van der Waals surface area (Å²) in [5, 5.41) is 2.66. The van der Waals surface area contributed by atoms with Crippen molar-refractivity contribution in [3.8, 4) is 0 Å². The average Bonchev–Trinajstić information content (AvgIpc) is 2.58. The fourth-order valence-electron chi connectivity index (χ4n) is 3.01. The van der Waals surface area contributed by atoms with Gasteiger partial charge in [-0.15, -0.1) is 0 Å². The minimum atomic E-state index is -3.30. The number of rotatable bonds is 3. The first-order valence-corrected chi connectivity index (χ1v) is 10.1. The van der Waals surface area contributed by atoms with Crippen LogP contribution in [0, 0.1) is 19.7 Å². The Balaban J connectivity index is 1.82. The molecule has 0 aromatic heterocycles. The first-order valence-electron chi connectivity index (χ1n) is 8.46. The molecule has 3 rings (SSSR count). The van der Waals surface area contributed by atoms with Crippen molar-refractivity contribution in [3.63, 3.8) is 0 Å². The van der Waals surface area contributed by atoms with E-state index in [9.17, 15) is 17.6 Å². The van der Waals surface area contributed by atoms with E-state index in [0.717, 1.165) is 6.42 Å². The molecule has 0 unspecified atom stereocenters. The molecule has 1 saturated heterocycles. The summed E-state index contributed by atoms with van der Waals surface area (Å²) >= 11 is 0. The summed E-state index contributed by atoms with van der Waals surface area (Å²) in [6.07, 6.45) is 1.49. The second-order valence-electron chi connectivity index (χ2n) is 6.51. The summed E-state index contributed by atoms with van der Waals surface area (Å²) < 4.78 is 39.6. The van der Waals surface area contributed by atoms with E-state index in [1.54, 1.807) is 44.2 Å². The van der Waals surface area contributed by atoms with Gasteiger partial charge in [0.15, 0.2) is 0 Å². The van der Waals surface area contributed by atoms with Crippen LogP contribution in [-0.4, -0.2) is 26.6 Å². The third-order valence-corrected chi connectivity index (χ3v) is 6.36. The van der Waals surface area contributed by atoms with Gasteiger partial charge in [-0.1, -0.05) is 6.07 Å².